The van der Waals surface area contributed by atoms with Crippen LogP contribution in [0.4, 0.5) is 18.0 Å². The van der Waals surface area contributed by atoms with Gasteiger partial charge in [0, 0.05) is 18.1 Å². The number of nitrogens with one attached hydrogen (secondary N) is 1. The van der Waals surface area contributed by atoms with Crippen molar-refractivity contribution in [1.29, 1.82) is 0 Å². The SMILES string of the molecule is O=C(O)[C@@H]1CN(C(=O)NC(c2ccc(Cl)cc2)C2CC2)C[C@H]1C(F)(F)F. The molecule has 142 valence electrons. The molecule has 1 saturated carbocycles. The second kappa shape index (κ2) is 6.98. The first-order valence-corrected chi connectivity index (χ1v) is 8.65. The Morgan fingerprint density at radius 1 is 1.19 bits per heavy atom. The van der Waals surface area contributed by atoms with Crippen molar-refractivity contribution >= 4 is 23.6 Å². The van der Waals surface area contributed by atoms with Crippen LogP contribution in [0.3, 0.4) is 0 Å². The molecule has 9 heteroatoms. The number of alkyl halides is 3. The molecule has 1 aliphatic heterocycles. The number of nitrogens with zero attached hydrogens (tertiary/aromatic N) is 1. The van der Waals surface area contributed by atoms with Crippen molar-refractivity contribution in [2.24, 2.45) is 17.8 Å². The van der Waals surface area contributed by atoms with Gasteiger partial charge in [-0.15, -0.1) is 0 Å². The van der Waals surface area contributed by atoms with Gasteiger partial charge in [0.15, 0.2) is 0 Å². The molecule has 2 N–H and O–H groups in total. The van der Waals surface area contributed by atoms with Crippen molar-refractivity contribution in [1.82, 2.24) is 10.2 Å². The fourth-order valence-electron chi connectivity index (χ4n) is 3.35. The summed E-state index contributed by atoms with van der Waals surface area (Å²) in [4.78, 5) is 24.6. The second-order valence-electron chi connectivity index (χ2n) is 6.81. The number of carboxylic acid groups (broad SMARTS) is 1. The minimum Gasteiger partial charge on any atom is -0.481 e. The summed E-state index contributed by atoms with van der Waals surface area (Å²) in [6.45, 7) is -1.10. The quantitative estimate of drug-likeness (QED) is 0.823. The van der Waals surface area contributed by atoms with Crippen LogP contribution in [0.2, 0.25) is 5.02 Å². The molecule has 3 rings (SSSR count). The van der Waals surface area contributed by atoms with Gasteiger partial charge in [-0.05, 0) is 36.5 Å². The van der Waals surface area contributed by atoms with E-state index in [4.69, 9.17) is 16.7 Å². The first kappa shape index (κ1) is 18.8. The number of urea groups is 1. The summed E-state index contributed by atoms with van der Waals surface area (Å²) in [6, 6.07) is 5.92. The van der Waals surface area contributed by atoms with E-state index in [1.807, 2.05) is 0 Å². The van der Waals surface area contributed by atoms with Crippen LogP contribution in [0.25, 0.3) is 0 Å². The van der Waals surface area contributed by atoms with Gasteiger partial charge in [0.25, 0.3) is 0 Å². The number of amides is 2. The van der Waals surface area contributed by atoms with E-state index >= 15 is 0 Å². The number of hydrogen-bond donors (Lipinski definition) is 2. The Bertz CT molecular complexity index is 691. The number of rotatable bonds is 4. The third kappa shape index (κ3) is 4.06. The molecule has 1 unspecified atom stereocenters. The summed E-state index contributed by atoms with van der Waals surface area (Å²) >= 11 is 5.87. The van der Waals surface area contributed by atoms with Gasteiger partial charge in [-0.2, -0.15) is 13.2 Å². The van der Waals surface area contributed by atoms with Crippen LogP contribution < -0.4 is 5.32 Å². The lowest BCUT2D eigenvalue weighted by Crippen LogP contribution is -2.41. The molecular weight excluding hydrogens is 373 g/mol. The number of benzene rings is 1. The minimum absolute atomic E-state index is 0.219. The molecular formula is C17H18ClF3N2O3. The summed E-state index contributed by atoms with van der Waals surface area (Å²) in [7, 11) is 0. The van der Waals surface area contributed by atoms with Gasteiger partial charge in [0.2, 0.25) is 0 Å². The molecule has 0 spiro atoms. The van der Waals surface area contributed by atoms with Gasteiger partial charge in [0.05, 0.1) is 17.9 Å². The van der Waals surface area contributed by atoms with Crippen molar-refractivity contribution in [2.75, 3.05) is 13.1 Å². The van der Waals surface area contributed by atoms with Gasteiger partial charge in [0.1, 0.15) is 0 Å². The number of carbonyl (C=O) groups is 2. The standard InChI is InChI=1S/C17H18ClF3N2O3/c18-11-5-3-10(4-6-11)14(9-1-2-9)22-16(26)23-7-12(15(24)25)13(8-23)17(19,20)21/h3-6,9,12-14H,1-2,7-8H2,(H,22,26)(H,24,25)/t12-,13-,14?/m1/s1. The van der Waals surface area contributed by atoms with E-state index in [2.05, 4.69) is 5.32 Å². The fourth-order valence-corrected chi connectivity index (χ4v) is 3.47. The Hall–Kier alpha value is -1.96. The molecule has 1 aromatic carbocycles. The van der Waals surface area contributed by atoms with E-state index in [9.17, 15) is 22.8 Å². The van der Waals surface area contributed by atoms with E-state index in [0.29, 0.717) is 5.02 Å². The molecule has 0 radical (unpaired) electrons. The fraction of sp³-hybridized carbons (Fsp3) is 0.529. The molecule has 1 saturated heterocycles. The Balaban J connectivity index is 1.72. The molecule has 0 bridgehead atoms. The average molecular weight is 391 g/mol. The summed E-state index contributed by atoms with van der Waals surface area (Å²) in [5, 5.41) is 12.4. The van der Waals surface area contributed by atoms with E-state index in [1.165, 1.54) is 0 Å². The van der Waals surface area contributed by atoms with Crippen LogP contribution in [-0.4, -0.2) is 41.3 Å². The predicted molar refractivity (Wildman–Crippen MR) is 87.7 cm³/mol. The van der Waals surface area contributed by atoms with Crippen LogP contribution in [0.1, 0.15) is 24.4 Å². The minimum atomic E-state index is -4.66. The van der Waals surface area contributed by atoms with Crippen molar-refractivity contribution in [2.45, 2.75) is 25.1 Å². The van der Waals surface area contributed by atoms with E-state index in [-0.39, 0.29) is 12.0 Å². The normalized spacial score (nSPS) is 24.4. The summed E-state index contributed by atoms with van der Waals surface area (Å²) in [5.74, 6) is -5.02. The number of halogens is 4. The zero-order valence-electron chi connectivity index (χ0n) is 13.7. The van der Waals surface area contributed by atoms with Crippen molar-refractivity contribution in [3.05, 3.63) is 34.9 Å². The summed E-state index contributed by atoms with van der Waals surface area (Å²) in [6.07, 6.45) is -2.84. The molecule has 2 amide bonds. The van der Waals surface area contributed by atoms with E-state index in [1.54, 1.807) is 24.3 Å². The van der Waals surface area contributed by atoms with Crippen LogP contribution >= 0.6 is 11.6 Å². The van der Waals surface area contributed by atoms with Crippen LogP contribution in [0.15, 0.2) is 24.3 Å². The lowest BCUT2D eigenvalue weighted by Gasteiger charge is -2.24. The average Bonchev–Trinajstić information content (AvgIpc) is 3.28. The van der Waals surface area contributed by atoms with Gasteiger partial charge >= 0.3 is 18.2 Å². The number of aliphatic carboxylic acids is 1. The first-order chi connectivity index (χ1) is 12.2. The highest BCUT2D eigenvalue weighted by Crippen LogP contribution is 2.42. The van der Waals surface area contributed by atoms with E-state index < -0.39 is 43.1 Å². The highest BCUT2D eigenvalue weighted by Gasteiger charge is 2.53. The number of carboxylic acids is 1. The third-order valence-corrected chi connectivity index (χ3v) is 5.20. The Kier molecular flexibility index (Phi) is 5.05. The lowest BCUT2D eigenvalue weighted by molar-refractivity contribution is -0.187. The third-order valence-electron chi connectivity index (χ3n) is 4.95. The monoisotopic (exact) mass is 390 g/mol. The van der Waals surface area contributed by atoms with Crippen molar-refractivity contribution in [3.63, 3.8) is 0 Å². The van der Waals surface area contributed by atoms with E-state index in [0.717, 1.165) is 23.3 Å². The molecule has 2 fully saturated rings. The molecule has 1 aliphatic carbocycles. The maximum atomic E-state index is 13.1. The van der Waals surface area contributed by atoms with Crippen molar-refractivity contribution < 1.29 is 27.9 Å². The second-order valence-corrected chi connectivity index (χ2v) is 7.25. The zero-order chi connectivity index (χ0) is 19.1. The van der Waals surface area contributed by atoms with Gasteiger partial charge in [-0.25, -0.2) is 4.79 Å². The maximum Gasteiger partial charge on any atom is 0.394 e. The maximum absolute atomic E-state index is 13.1. The van der Waals surface area contributed by atoms with Crippen LogP contribution in [0.5, 0.6) is 0 Å². The zero-order valence-corrected chi connectivity index (χ0v) is 14.4. The number of likely N-dealkylation sites (tertiary alicyclic amines) is 1. The molecule has 1 aromatic rings. The highest BCUT2D eigenvalue weighted by molar-refractivity contribution is 6.30. The molecule has 26 heavy (non-hydrogen) atoms. The Morgan fingerprint density at radius 3 is 2.27 bits per heavy atom. The smallest absolute Gasteiger partial charge is 0.394 e. The molecule has 5 nitrogen and oxygen atoms in total. The topological polar surface area (TPSA) is 69.6 Å². The van der Waals surface area contributed by atoms with Gasteiger partial charge in [-0.1, -0.05) is 23.7 Å². The molecule has 2 aliphatic rings. The first-order valence-electron chi connectivity index (χ1n) is 8.27. The summed E-state index contributed by atoms with van der Waals surface area (Å²) in [5.41, 5.74) is 0.826. The van der Waals surface area contributed by atoms with Crippen LogP contribution in [-0.2, 0) is 4.79 Å². The Labute approximate surface area is 153 Å². The van der Waals surface area contributed by atoms with Crippen molar-refractivity contribution in [3.8, 4) is 0 Å². The number of carbonyl (C=O) groups excluding carboxylic acids is 1. The summed E-state index contributed by atoms with van der Waals surface area (Å²) < 4.78 is 39.2. The Morgan fingerprint density at radius 2 is 1.81 bits per heavy atom. The molecule has 1 heterocycles. The largest absolute Gasteiger partial charge is 0.481 e. The molecule has 3 atom stereocenters. The predicted octanol–water partition coefficient (Wildman–Crippen LogP) is 3.70. The van der Waals surface area contributed by atoms with Crippen LogP contribution in [0, 0.1) is 17.8 Å². The number of hydrogen-bond acceptors (Lipinski definition) is 2. The van der Waals surface area contributed by atoms with Gasteiger partial charge in [-0.3, -0.25) is 4.79 Å². The highest BCUT2D eigenvalue weighted by atomic mass is 35.5. The van der Waals surface area contributed by atoms with Gasteiger partial charge < -0.3 is 15.3 Å². The molecule has 0 aromatic heterocycles. The lowest BCUT2D eigenvalue weighted by atomic mass is 9.96.